The van der Waals surface area contributed by atoms with Crippen molar-refractivity contribution in [2.24, 2.45) is 10.9 Å². The zero-order chi connectivity index (χ0) is 12.8. The van der Waals surface area contributed by atoms with E-state index in [1.54, 1.807) is 12.3 Å². The van der Waals surface area contributed by atoms with E-state index in [4.69, 9.17) is 20.4 Å². The summed E-state index contributed by atoms with van der Waals surface area (Å²) < 4.78 is 11.1. The van der Waals surface area contributed by atoms with E-state index in [1.807, 2.05) is 6.07 Å². The third-order valence-electron chi connectivity index (χ3n) is 2.88. The smallest absolute Gasteiger partial charge is 0.189 e. The van der Waals surface area contributed by atoms with Gasteiger partial charge in [-0.15, -0.1) is 0 Å². The molecule has 0 unspecified atom stereocenters. The first kappa shape index (κ1) is 12.8. The van der Waals surface area contributed by atoms with E-state index < -0.39 is 0 Å². The third-order valence-corrected chi connectivity index (χ3v) is 2.88. The lowest BCUT2D eigenvalue weighted by Gasteiger charge is -2.22. The molecule has 6 heteroatoms. The minimum atomic E-state index is 0.00109. The van der Waals surface area contributed by atoms with E-state index in [0.29, 0.717) is 12.3 Å². The molecule has 1 aromatic heterocycles. The Bertz CT molecular complexity index is 417. The van der Waals surface area contributed by atoms with Crippen LogP contribution in [-0.2, 0) is 16.1 Å². The van der Waals surface area contributed by atoms with Gasteiger partial charge in [0, 0.05) is 25.0 Å². The molecule has 0 aromatic carbocycles. The number of oxime groups is 1. The first-order valence-corrected chi connectivity index (χ1v) is 5.92. The quantitative estimate of drug-likeness (QED) is 0.359. The number of aromatic nitrogens is 1. The van der Waals surface area contributed by atoms with Gasteiger partial charge in [-0.1, -0.05) is 11.2 Å². The summed E-state index contributed by atoms with van der Waals surface area (Å²) in [6.07, 6.45) is 3.61. The van der Waals surface area contributed by atoms with Crippen molar-refractivity contribution in [3.63, 3.8) is 0 Å². The Morgan fingerprint density at radius 3 is 3.06 bits per heavy atom. The van der Waals surface area contributed by atoms with Crippen LogP contribution in [0.4, 0.5) is 0 Å². The van der Waals surface area contributed by atoms with Crippen molar-refractivity contribution >= 4 is 5.84 Å². The zero-order valence-electron chi connectivity index (χ0n) is 10.1. The van der Waals surface area contributed by atoms with E-state index >= 15 is 0 Å². The lowest BCUT2D eigenvalue weighted by molar-refractivity contribution is -0.0391. The average Bonchev–Trinajstić information content (AvgIpc) is 2.45. The lowest BCUT2D eigenvalue weighted by Crippen LogP contribution is -2.24. The molecule has 0 bridgehead atoms. The second-order valence-corrected chi connectivity index (χ2v) is 4.12. The maximum atomic E-state index is 8.70. The molecule has 0 saturated carbocycles. The number of hydrogen-bond acceptors (Lipinski definition) is 5. The number of nitrogens with zero attached hydrogens (tertiary/aromatic N) is 2. The monoisotopic (exact) mass is 251 g/mol. The van der Waals surface area contributed by atoms with Crippen molar-refractivity contribution in [3.05, 3.63) is 29.6 Å². The molecule has 6 nitrogen and oxygen atoms in total. The Labute approximate surface area is 105 Å². The van der Waals surface area contributed by atoms with Crippen LogP contribution in [-0.4, -0.2) is 35.3 Å². The molecule has 1 aliphatic rings. The molecule has 1 saturated heterocycles. The largest absolute Gasteiger partial charge is 0.409 e. The van der Waals surface area contributed by atoms with Gasteiger partial charge in [-0.3, -0.25) is 4.98 Å². The highest BCUT2D eigenvalue weighted by Crippen LogP contribution is 2.14. The lowest BCUT2D eigenvalue weighted by atomic mass is 10.1. The van der Waals surface area contributed by atoms with Crippen molar-refractivity contribution in [3.8, 4) is 0 Å². The summed E-state index contributed by atoms with van der Waals surface area (Å²) in [4.78, 5) is 4.09. The minimum absolute atomic E-state index is 0.00109. The molecule has 0 radical (unpaired) electrons. The standard InChI is InChI=1S/C12H17N3O3/c13-12(15-16)11-9(2-1-5-14-11)8-18-10-3-6-17-7-4-10/h1-2,5,10,16H,3-4,6-8H2,(H2,13,15). The van der Waals surface area contributed by atoms with Crippen molar-refractivity contribution in [1.29, 1.82) is 0 Å². The van der Waals surface area contributed by atoms with Gasteiger partial charge in [0.25, 0.3) is 0 Å². The second-order valence-electron chi connectivity index (χ2n) is 4.12. The van der Waals surface area contributed by atoms with Crippen LogP contribution < -0.4 is 5.73 Å². The molecule has 1 aliphatic heterocycles. The van der Waals surface area contributed by atoms with Crippen LogP contribution in [0, 0.1) is 0 Å². The molecule has 98 valence electrons. The molecule has 0 atom stereocenters. The van der Waals surface area contributed by atoms with Crippen molar-refractivity contribution in [2.45, 2.75) is 25.6 Å². The summed E-state index contributed by atoms with van der Waals surface area (Å²) in [5, 5.41) is 11.7. The van der Waals surface area contributed by atoms with E-state index in [1.165, 1.54) is 0 Å². The number of rotatable bonds is 4. The minimum Gasteiger partial charge on any atom is -0.409 e. The van der Waals surface area contributed by atoms with Crippen LogP contribution in [0.15, 0.2) is 23.5 Å². The molecular weight excluding hydrogens is 234 g/mol. The predicted octanol–water partition coefficient (Wildman–Crippen LogP) is 0.872. The average molecular weight is 251 g/mol. The summed E-state index contributed by atoms with van der Waals surface area (Å²) in [5.41, 5.74) is 6.85. The second kappa shape index (κ2) is 6.32. The van der Waals surface area contributed by atoms with E-state index in [0.717, 1.165) is 31.6 Å². The van der Waals surface area contributed by atoms with Crippen LogP contribution in [0.2, 0.25) is 0 Å². The Hall–Kier alpha value is -1.66. The first-order chi connectivity index (χ1) is 8.81. The first-order valence-electron chi connectivity index (χ1n) is 5.92. The maximum absolute atomic E-state index is 8.70. The fraction of sp³-hybridized carbons (Fsp3) is 0.500. The Morgan fingerprint density at radius 2 is 2.33 bits per heavy atom. The van der Waals surface area contributed by atoms with Gasteiger partial charge in [-0.25, -0.2) is 0 Å². The summed E-state index contributed by atoms with van der Waals surface area (Å²) >= 11 is 0. The topological polar surface area (TPSA) is 90.0 Å². The fourth-order valence-electron chi connectivity index (χ4n) is 1.88. The van der Waals surface area contributed by atoms with Gasteiger partial charge in [-0.05, 0) is 18.9 Å². The molecule has 3 N–H and O–H groups in total. The zero-order valence-corrected chi connectivity index (χ0v) is 10.1. The van der Waals surface area contributed by atoms with Crippen LogP contribution in [0.3, 0.4) is 0 Å². The van der Waals surface area contributed by atoms with Gasteiger partial charge in [0.2, 0.25) is 0 Å². The molecule has 0 amide bonds. The van der Waals surface area contributed by atoms with Crippen LogP contribution in [0.25, 0.3) is 0 Å². The van der Waals surface area contributed by atoms with Gasteiger partial charge in [0.1, 0.15) is 5.69 Å². The summed E-state index contributed by atoms with van der Waals surface area (Å²) in [7, 11) is 0. The van der Waals surface area contributed by atoms with E-state index in [9.17, 15) is 0 Å². The summed E-state index contributed by atoms with van der Waals surface area (Å²) in [6, 6.07) is 3.66. The SMILES string of the molecule is NC(=NO)c1ncccc1COC1CCOCC1. The van der Waals surface area contributed by atoms with Crippen molar-refractivity contribution in [2.75, 3.05) is 13.2 Å². The molecule has 1 fully saturated rings. The van der Waals surface area contributed by atoms with Crippen LogP contribution in [0.5, 0.6) is 0 Å². The van der Waals surface area contributed by atoms with E-state index in [-0.39, 0.29) is 11.9 Å². The van der Waals surface area contributed by atoms with Crippen LogP contribution >= 0.6 is 0 Å². The number of amidine groups is 1. The highest BCUT2D eigenvalue weighted by molar-refractivity contribution is 5.96. The molecule has 1 aromatic rings. The Balaban J connectivity index is 2.00. The summed E-state index contributed by atoms with van der Waals surface area (Å²) in [6.45, 7) is 1.89. The maximum Gasteiger partial charge on any atom is 0.189 e. The number of hydrogen-bond donors (Lipinski definition) is 2. The van der Waals surface area contributed by atoms with Gasteiger partial charge in [0.15, 0.2) is 5.84 Å². The Kier molecular flexibility index (Phi) is 4.49. The molecule has 0 spiro atoms. The van der Waals surface area contributed by atoms with Gasteiger partial charge < -0.3 is 20.4 Å². The molecule has 18 heavy (non-hydrogen) atoms. The van der Waals surface area contributed by atoms with Crippen LogP contribution in [0.1, 0.15) is 24.1 Å². The number of nitrogens with two attached hydrogens (primary N) is 1. The molecular formula is C12H17N3O3. The molecule has 2 rings (SSSR count). The normalized spacial score (nSPS) is 17.9. The van der Waals surface area contributed by atoms with Gasteiger partial charge >= 0.3 is 0 Å². The van der Waals surface area contributed by atoms with E-state index in [2.05, 4.69) is 10.1 Å². The predicted molar refractivity (Wildman–Crippen MR) is 65.4 cm³/mol. The molecule has 0 aliphatic carbocycles. The fourth-order valence-corrected chi connectivity index (χ4v) is 1.88. The highest BCUT2D eigenvalue weighted by Gasteiger charge is 2.15. The summed E-state index contributed by atoms with van der Waals surface area (Å²) in [5.74, 6) is 0.00109. The van der Waals surface area contributed by atoms with Gasteiger partial charge in [0.05, 0.1) is 12.7 Å². The number of ether oxygens (including phenoxy) is 2. The van der Waals surface area contributed by atoms with Gasteiger partial charge in [-0.2, -0.15) is 0 Å². The third kappa shape index (κ3) is 3.18. The molecule has 2 heterocycles. The highest BCUT2D eigenvalue weighted by atomic mass is 16.5. The van der Waals surface area contributed by atoms with Crippen molar-refractivity contribution in [1.82, 2.24) is 4.98 Å². The van der Waals surface area contributed by atoms with Crippen molar-refractivity contribution < 1.29 is 14.7 Å². The Morgan fingerprint density at radius 1 is 1.56 bits per heavy atom. The number of pyridine rings is 1.